The van der Waals surface area contributed by atoms with E-state index >= 15 is 0 Å². The van der Waals surface area contributed by atoms with Crippen molar-refractivity contribution in [1.29, 1.82) is 0 Å². The van der Waals surface area contributed by atoms with Gasteiger partial charge in [-0.25, -0.2) is 0 Å². The molecule has 7 heteroatoms. The number of nitrogens with two attached hydrogens (primary N) is 1. The van der Waals surface area contributed by atoms with E-state index in [0.717, 1.165) is 18.4 Å². The van der Waals surface area contributed by atoms with Crippen molar-refractivity contribution < 1.29 is 19.1 Å². The Morgan fingerprint density at radius 2 is 1.68 bits per heavy atom. The number of nitrogens with one attached hydrogen (secondary N) is 1. The molecule has 3 aromatic carbocycles. The number of anilines is 1. The predicted octanol–water partition coefficient (Wildman–Crippen LogP) is 4.38. The van der Waals surface area contributed by atoms with Crippen LogP contribution in [0.2, 0.25) is 0 Å². The van der Waals surface area contributed by atoms with Gasteiger partial charge in [-0.1, -0.05) is 23.8 Å². The number of amides is 3. The van der Waals surface area contributed by atoms with Gasteiger partial charge in [0, 0.05) is 29.9 Å². The number of ether oxygens (including phenoxy) is 1. The Bertz CT molecular complexity index is 1190. The average Bonchev–Trinajstić information content (AvgIpc) is 2.85. The third-order valence-corrected chi connectivity index (χ3v) is 5.85. The van der Waals surface area contributed by atoms with Crippen LogP contribution in [0.15, 0.2) is 72.8 Å². The molecule has 1 heterocycles. The van der Waals surface area contributed by atoms with Gasteiger partial charge in [-0.15, -0.1) is 0 Å². The van der Waals surface area contributed by atoms with E-state index in [0.29, 0.717) is 41.4 Å². The lowest BCUT2D eigenvalue weighted by Gasteiger charge is -2.32. The normalized spacial score (nSPS) is 15.4. The molecule has 0 saturated carbocycles. The second-order valence-corrected chi connectivity index (χ2v) is 8.46. The first-order valence-corrected chi connectivity index (χ1v) is 11.2. The molecule has 34 heavy (non-hydrogen) atoms. The van der Waals surface area contributed by atoms with Crippen LogP contribution >= 0.6 is 0 Å². The zero-order valence-electron chi connectivity index (χ0n) is 19.0. The highest BCUT2D eigenvalue weighted by Gasteiger charge is 2.29. The van der Waals surface area contributed by atoms with Crippen LogP contribution in [-0.2, 0) is 4.79 Å². The van der Waals surface area contributed by atoms with Crippen molar-refractivity contribution in [3.63, 3.8) is 0 Å². The van der Waals surface area contributed by atoms with Crippen LogP contribution in [0.25, 0.3) is 0 Å². The van der Waals surface area contributed by atoms with Crippen LogP contribution in [0.4, 0.5) is 5.69 Å². The number of hydrogen-bond acceptors (Lipinski definition) is 4. The molecule has 1 unspecified atom stereocenters. The van der Waals surface area contributed by atoms with Gasteiger partial charge < -0.3 is 20.7 Å². The predicted molar refractivity (Wildman–Crippen MR) is 130 cm³/mol. The maximum absolute atomic E-state index is 12.9. The molecule has 0 aliphatic carbocycles. The SMILES string of the molecule is Cc1ccc(C(=O)N2CCCC(C(=O)Nc3ccc(Oc4cccc(C(N)=O)c4)cc3)C2)cc1. The molecule has 3 aromatic rings. The molecule has 7 nitrogen and oxygen atoms in total. The van der Waals surface area contributed by atoms with Crippen molar-refractivity contribution in [2.45, 2.75) is 19.8 Å². The van der Waals surface area contributed by atoms with E-state index in [2.05, 4.69) is 5.32 Å². The topological polar surface area (TPSA) is 102 Å². The van der Waals surface area contributed by atoms with Crippen molar-refractivity contribution in [2.24, 2.45) is 11.7 Å². The van der Waals surface area contributed by atoms with Crippen molar-refractivity contribution in [2.75, 3.05) is 18.4 Å². The van der Waals surface area contributed by atoms with E-state index < -0.39 is 5.91 Å². The van der Waals surface area contributed by atoms with Crippen LogP contribution in [0.5, 0.6) is 11.5 Å². The van der Waals surface area contributed by atoms with Gasteiger partial charge in [-0.2, -0.15) is 0 Å². The zero-order valence-corrected chi connectivity index (χ0v) is 19.0. The molecule has 1 aliphatic heterocycles. The van der Waals surface area contributed by atoms with Gasteiger partial charge in [-0.3, -0.25) is 14.4 Å². The van der Waals surface area contributed by atoms with Crippen molar-refractivity contribution >= 4 is 23.4 Å². The monoisotopic (exact) mass is 457 g/mol. The number of rotatable bonds is 6. The summed E-state index contributed by atoms with van der Waals surface area (Å²) in [5.74, 6) is 0.116. The highest BCUT2D eigenvalue weighted by Crippen LogP contribution is 2.25. The Kier molecular flexibility index (Phi) is 6.92. The molecule has 3 amide bonds. The molecule has 0 aromatic heterocycles. The maximum Gasteiger partial charge on any atom is 0.253 e. The molecule has 4 rings (SSSR count). The van der Waals surface area contributed by atoms with E-state index in [-0.39, 0.29) is 17.7 Å². The Balaban J connectivity index is 1.35. The van der Waals surface area contributed by atoms with E-state index in [1.54, 1.807) is 53.4 Å². The lowest BCUT2D eigenvalue weighted by molar-refractivity contribution is -0.121. The van der Waals surface area contributed by atoms with Crippen molar-refractivity contribution in [1.82, 2.24) is 4.90 Å². The summed E-state index contributed by atoms with van der Waals surface area (Å²) in [6, 6.07) is 21.1. The van der Waals surface area contributed by atoms with Gasteiger partial charge >= 0.3 is 0 Å². The van der Waals surface area contributed by atoms with Gasteiger partial charge in [0.25, 0.3) is 5.91 Å². The number of carbonyl (C=O) groups excluding carboxylic acids is 3. The van der Waals surface area contributed by atoms with Crippen LogP contribution in [0.3, 0.4) is 0 Å². The summed E-state index contributed by atoms with van der Waals surface area (Å²) in [5, 5.41) is 2.94. The third-order valence-electron chi connectivity index (χ3n) is 5.85. The number of piperidine rings is 1. The maximum atomic E-state index is 12.9. The Labute approximate surface area is 198 Å². The molecular formula is C27H27N3O4. The van der Waals surface area contributed by atoms with Crippen molar-refractivity contribution in [3.8, 4) is 11.5 Å². The Hall–Kier alpha value is -4.13. The summed E-state index contributed by atoms with van der Waals surface area (Å²) in [7, 11) is 0. The average molecular weight is 458 g/mol. The highest BCUT2D eigenvalue weighted by molar-refractivity contribution is 5.96. The third kappa shape index (κ3) is 5.61. The zero-order chi connectivity index (χ0) is 24.1. The minimum Gasteiger partial charge on any atom is -0.457 e. The van der Waals surface area contributed by atoms with Gasteiger partial charge in [0.15, 0.2) is 0 Å². The Morgan fingerprint density at radius 1 is 0.941 bits per heavy atom. The molecule has 1 fully saturated rings. The minimum atomic E-state index is -0.523. The number of carbonyl (C=O) groups is 3. The lowest BCUT2D eigenvalue weighted by Crippen LogP contribution is -2.43. The smallest absolute Gasteiger partial charge is 0.253 e. The van der Waals surface area contributed by atoms with Gasteiger partial charge in [0.1, 0.15) is 11.5 Å². The summed E-state index contributed by atoms with van der Waals surface area (Å²) in [4.78, 5) is 38.8. The summed E-state index contributed by atoms with van der Waals surface area (Å²) in [6.07, 6.45) is 1.52. The first-order chi connectivity index (χ1) is 16.4. The van der Waals surface area contributed by atoms with Crippen LogP contribution in [0, 0.1) is 12.8 Å². The summed E-state index contributed by atoms with van der Waals surface area (Å²) in [5.41, 5.74) is 8.06. The molecule has 0 bridgehead atoms. The van der Waals surface area contributed by atoms with E-state index in [9.17, 15) is 14.4 Å². The molecule has 1 aliphatic rings. The number of benzene rings is 3. The fourth-order valence-electron chi connectivity index (χ4n) is 3.95. The summed E-state index contributed by atoms with van der Waals surface area (Å²) >= 11 is 0. The molecule has 174 valence electrons. The fourth-order valence-corrected chi connectivity index (χ4v) is 3.95. The lowest BCUT2D eigenvalue weighted by atomic mass is 9.96. The van der Waals surface area contributed by atoms with Crippen LogP contribution < -0.4 is 15.8 Å². The number of aryl methyl sites for hydroxylation is 1. The highest BCUT2D eigenvalue weighted by atomic mass is 16.5. The first-order valence-electron chi connectivity index (χ1n) is 11.2. The van der Waals surface area contributed by atoms with E-state index in [1.165, 1.54) is 0 Å². The van der Waals surface area contributed by atoms with E-state index in [1.807, 2.05) is 31.2 Å². The number of likely N-dealkylation sites (tertiary alicyclic amines) is 1. The molecular weight excluding hydrogens is 430 g/mol. The summed E-state index contributed by atoms with van der Waals surface area (Å²) < 4.78 is 5.77. The Morgan fingerprint density at radius 3 is 2.38 bits per heavy atom. The van der Waals surface area contributed by atoms with Gasteiger partial charge in [0.05, 0.1) is 5.92 Å². The standard InChI is InChI=1S/C27H27N3O4/c1-18-7-9-19(10-8-18)27(33)30-15-3-5-21(17-30)26(32)29-22-11-13-23(14-12-22)34-24-6-2-4-20(16-24)25(28)31/h2,4,6-14,16,21H,3,5,15,17H2,1H3,(H2,28,31)(H,29,32). The largest absolute Gasteiger partial charge is 0.457 e. The second kappa shape index (κ2) is 10.2. The number of hydrogen-bond donors (Lipinski definition) is 2. The molecule has 0 spiro atoms. The summed E-state index contributed by atoms with van der Waals surface area (Å²) in [6.45, 7) is 3.03. The van der Waals surface area contributed by atoms with Crippen LogP contribution in [-0.4, -0.2) is 35.7 Å². The van der Waals surface area contributed by atoms with E-state index in [4.69, 9.17) is 10.5 Å². The molecule has 1 saturated heterocycles. The quantitative estimate of drug-likeness (QED) is 0.574. The molecule has 1 atom stereocenters. The minimum absolute atomic E-state index is 0.0422. The number of nitrogens with zero attached hydrogens (tertiary/aromatic N) is 1. The fraction of sp³-hybridized carbons (Fsp3) is 0.222. The number of primary amides is 1. The molecule has 3 N–H and O–H groups in total. The van der Waals surface area contributed by atoms with Gasteiger partial charge in [-0.05, 0) is 74.4 Å². The van der Waals surface area contributed by atoms with Crippen LogP contribution in [0.1, 0.15) is 39.1 Å². The van der Waals surface area contributed by atoms with Gasteiger partial charge in [0.2, 0.25) is 11.8 Å². The second-order valence-electron chi connectivity index (χ2n) is 8.46. The molecule has 0 radical (unpaired) electrons. The first kappa shape index (κ1) is 23.0. The van der Waals surface area contributed by atoms with Crippen molar-refractivity contribution in [3.05, 3.63) is 89.5 Å².